The van der Waals surface area contributed by atoms with Crippen LogP contribution in [0, 0.1) is 11.8 Å². The molecule has 0 aromatic rings. The van der Waals surface area contributed by atoms with Gasteiger partial charge in [-0.25, -0.2) is 0 Å². The average molecular weight is 184 g/mol. The molecular weight excluding hydrogens is 169 g/mol. The highest BCUT2D eigenvalue weighted by atomic mass is 19.4. The van der Waals surface area contributed by atoms with Gasteiger partial charge in [0.25, 0.3) is 0 Å². The lowest BCUT2D eigenvalue weighted by Gasteiger charge is -2.24. The van der Waals surface area contributed by atoms with E-state index in [1.54, 1.807) is 13.8 Å². The predicted octanol–water partition coefficient (Wildman–Crippen LogP) is 2.59. The largest absolute Gasteiger partial charge is 0.393 e. The molecular formula is C8H15F3O. The van der Waals surface area contributed by atoms with Gasteiger partial charge in [0.2, 0.25) is 0 Å². The van der Waals surface area contributed by atoms with Crippen LogP contribution in [0.4, 0.5) is 13.2 Å². The molecule has 0 heterocycles. The number of aliphatic hydroxyl groups is 1. The predicted molar refractivity (Wildman–Crippen MR) is 40.7 cm³/mol. The van der Waals surface area contributed by atoms with Crippen molar-refractivity contribution in [2.45, 2.75) is 39.5 Å². The Bertz CT molecular complexity index is 121. The molecule has 0 radical (unpaired) electrons. The van der Waals surface area contributed by atoms with E-state index in [1.165, 1.54) is 6.92 Å². The van der Waals surface area contributed by atoms with Gasteiger partial charge in [-0.1, -0.05) is 13.8 Å². The molecule has 1 nitrogen and oxygen atoms in total. The highest BCUT2D eigenvalue weighted by Gasteiger charge is 2.35. The Kier molecular flexibility index (Phi) is 4.03. The topological polar surface area (TPSA) is 20.2 Å². The quantitative estimate of drug-likeness (QED) is 0.714. The molecule has 2 unspecified atom stereocenters. The molecule has 12 heavy (non-hydrogen) atoms. The number of alkyl halides is 3. The van der Waals surface area contributed by atoms with Crippen molar-refractivity contribution in [3.63, 3.8) is 0 Å². The van der Waals surface area contributed by atoms with E-state index in [1.807, 2.05) is 0 Å². The second kappa shape index (κ2) is 4.12. The van der Waals surface area contributed by atoms with E-state index in [-0.39, 0.29) is 5.92 Å². The molecule has 4 heteroatoms. The van der Waals surface area contributed by atoms with E-state index in [4.69, 9.17) is 5.11 Å². The minimum Gasteiger partial charge on any atom is -0.393 e. The molecule has 74 valence electrons. The number of aliphatic hydroxyl groups excluding tert-OH is 1. The van der Waals surface area contributed by atoms with Crippen molar-refractivity contribution in [1.82, 2.24) is 0 Å². The Morgan fingerprint density at radius 2 is 1.58 bits per heavy atom. The standard InChI is InChI=1S/C8H15F3O/c1-5(2)7(6(3)12)4-8(9,10)11/h5-7,12H,4H2,1-3H3. The lowest BCUT2D eigenvalue weighted by Crippen LogP contribution is -2.28. The van der Waals surface area contributed by atoms with Crippen LogP contribution in [0.1, 0.15) is 27.2 Å². The first kappa shape index (κ1) is 11.8. The van der Waals surface area contributed by atoms with Crippen molar-refractivity contribution >= 4 is 0 Å². The maximum absolute atomic E-state index is 11.9. The minimum absolute atomic E-state index is 0.147. The second-order valence-corrected chi connectivity index (χ2v) is 3.47. The first-order chi connectivity index (χ1) is 5.24. The van der Waals surface area contributed by atoms with Crippen LogP contribution in [0.25, 0.3) is 0 Å². The summed E-state index contributed by atoms with van der Waals surface area (Å²) in [5.41, 5.74) is 0. The van der Waals surface area contributed by atoms with Crippen LogP contribution in [-0.4, -0.2) is 17.4 Å². The number of hydrogen-bond acceptors (Lipinski definition) is 1. The van der Waals surface area contributed by atoms with Crippen molar-refractivity contribution in [1.29, 1.82) is 0 Å². The van der Waals surface area contributed by atoms with Crippen LogP contribution < -0.4 is 0 Å². The zero-order chi connectivity index (χ0) is 9.94. The summed E-state index contributed by atoms with van der Waals surface area (Å²) >= 11 is 0. The summed E-state index contributed by atoms with van der Waals surface area (Å²) in [5, 5.41) is 9.05. The normalized spacial score (nSPS) is 18.0. The van der Waals surface area contributed by atoms with Gasteiger partial charge in [-0.3, -0.25) is 0 Å². The summed E-state index contributed by atoms with van der Waals surface area (Å²) in [5.74, 6) is -0.836. The Hall–Kier alpha value is -0.250. The van der Waals surface area contributed by atoms with Gasteiger partial charge in [-0.2, -0.15) is 13.2 Å². The molecule has 0 aliphatic heterocycles. The van der Waals surface area contributed by atoms with E-state index in [9.17, 15) is 13.2 Å². The minimum atomic E-state index is -4.17. The van der Waals surface area contributed by atoms with Crippen molar-refractivity contribution in [3.8, 4) is 0 Å². The molecule has 0 bridgehead atoms. The van der Waals surface area contributed by atoms with Crippen molar-refractivity contribution in [2.75, 3.05) is 0 Å². The van der Waals surface area contributed by atoms with E-state index in [2.05, 4.69) is 0 Å². The van der Waals surface area contributed by atoms with Gasteiger partial charge < -0.3 is 5.11 Å². The molecule has 0 fully saturated rings. The van der Waals surface area contributed by atoms with Gasteiger partial charge in [0, 0.05) is 6.42 Å². The Labute approximate surface area is 70.6 Å². The molecule has 0 saturated carbocycles. The van der Waals surface area contributed by atoms with E-state index in [0.717, 1.165) is 0 Å². The smallest absolute Gasteiger partial charge is 0.389 e. The molecule has 0 aliphatic rings. The van der Waals surface area contributed by atoms with Gasteiger partial charge >= 0.3 is 6.18 Å². The molecule has 1 N–H and O–H groups in total. The lowest BCUT2D eigenvalue weighted by molar-refractivity contribution is -0.156. The lowest BCUT2D eigenvalue weighted by atomic mass is 9.88. The van der Waals surface area contributed by atoms with E-state index in [0.29, 0.717) is 0 Å². The zero-order valence-corrected chi connectivity index (χ0v) is 7.52. The van der Waals surface area contributed by atoms with E-state index >= 15 is 0 Å². The number of rotatable bonds is 3. The summed E-state index contributed by atoms with van der Waals surface area (Å²) in [7, 11) is 0. The highest BCUT2D eigenvalue weighted by molar-refractivity contribution is 4.71. The summed E-state index contributed by atoms with van der Waals surface area (Å²) < 4.78 is 35.7. The Morgan fingerprint density at radius 3 is 1.67 bits per heavy atom. The fraction of sp³-hybridized carbons (Fsp3) is 1.00. The summed E-state index contributed by atoms with van der Waals surface area (Å²) in [6.07, 6.45) is -5.97. The first-order valence-electron chi connectivity index (χ1n) is 3.99. The number of halogens is 3. The Balaban J connectivity index is 4.15. The van der Waals surface area contributed by atoms with Gasteiger partial charge in [0.05, 0.1) is 6.10 Å². The first-order valence-corrected chi connectivity index (χ1v) is 3.99. The van der Waals surface area contributed by atoms with Crippen molar-refractivity contribution < 1.29 is 18.3 Å². The molecule has 0 aromatic carbocycles. The van der Waals surface area contributed by atoms with Crippen LogP contribution in [0.2, 0.25) is 0 Å². The van der Waals surface area contributed by atoms with Gasteiger partial charge in [-0.05, 0) is 18.8 Å². The van der Waals surface area contributed by atoms with Crippen molar-refractivity contribution in [3.05, 3.63) is 0 Å². The SMILES string of the molecule is CC(C)C(CC(F)(F)F)C(C)O. The van der Waals surface area contributed by atoms with Crippen LogP contribution in [0.15, 0.2) is 0 Å². The fourth-order valence-electron chi connectivity index (χ4n) is 1.23. The monoisotopic (exact) mass is 184 g/mol. The van der Waals surface area contributed by atoms with Crippen molar-refractivity contribution in [2.24, 2.45) is 11.8 Å². The molecule has 2 atom stereocenters. The van der Waals surface area contributed by atoms with Gasteiger partial charge in [-0.15, -0.1) is 0 Å². The van der Waals surface area contributed by atoms with E-state index < -0.39 is 24.6 Å². The highest BCUT2D eigenvalue weighted by Crippen LogP contribution is 2.30. The summed E-state index contributed by atoms with van der Waals surface area (Å²) in [6, 6.07) is 0. The molecule has 0 spiro atoms. The molecule has 0 aliphatic carbocycles. The number of hydrogen-bond donors (Lipinski definition) is 1. The van der Waals surface area contributed by atoms with Crippen LogP contribution >= 0.6 is 0 Å². The molecule has 0 rings (SSSR count). The maximum Gasteiger partial charge on any atom is 0.389 e. The van der Waals surface area contributed by atoms with Crippen LogP contribution in [-0.2, 0) is 0 Å². The summed E-state index contributed by atoms with van der Waals surface area (Å²) in [6.45, 7) is 4.77. The zero-order valence-electron chi connectivity index (χ0n) is 7.52. The maximum atomic E-state index is 11.9. The Morgan fingerprint density at radius 1 is 1.17 bits per heavy atom. The van der Waals surface area contributed by atoms with Gasteiger partial charge in [0.15, 0.2) is 0 Å². The van der Waals surface area contributed by atoms with Crippen LogP contribution in [0.3, 0.4) is 0 Å². The molecule has 0 saturated heterocycles. The third-order valence-corrected chi connectivity index (χ3v) is 1.94. The fourth-order valence-corrected chi connectivity index (χ4v) is 1.23. The molecule has 0 aromatic heterocycles. The van der Waals surface area contributed by atoms with Gasteiger partial charge in [0.1, 0.15) is 0 Å². The van der Waals surface area contributed by atoms with Crippen LogP contribution in [0.5, 0.6) is 0 Å². The third-order valence-electron chi connectivity index (χ3n) is 1.94. The second-order valence-electron chi connectivity index (χ2n) is 3.47. The third kappa shape index (κ3) is 4.59. The molecule has 0 amide bonds. The average Bonchev–Trinajstić information content (AvgIpc) is 1.79. The summed E-state index contributed by atoms with van der Waals surface area (Å²) in [4.78, 5) is 0.